The Morgan fingerprint density at radius 1 is 1.50 bits per heavy atom. The van der Waals surface area contributed by atoms with Crippen LogP contribution in [0.25, 0.3) is 0 Å². The lowest BCUT2D eigenvalue weighted by molar-refractivity contribution is -0.139. The number of nitrogens with zero attached hydrogens (tertiary/aromatic N) is 1. The Kier molecular flexibility index (Phi) is 3.72. The van der Waals surface area contributed by atoms with Crippen molar-refractivity contribution in [1.29, 1.82) is 5.26 Å². The highest BCUT2D eigenvalue weighted by molar-refractivity contribution is 5.74. The number of hydrogen-bond donors (Lipinski definition) is 1. The van der Waals surface area contributed by atoms with Crippen molar-refractivity contribution in [3.8, 4) is 11.8 Å². The molecule has 1 rings (SSSR count). The van der Waals surface area contributed by atoms with E-state index >= 15 is 0 Å². The van der Waals surface area contributed by atoms with Crippen LogP contribution >= 0.6 is 0 Å². The highest BCUT2D eigenvalue weighted by atomic mass is 16.5. The van der Waals surface area contributed by atoms with Crippen LogP contribution in [-0.4, -0.2) is 20.2 Å². The van der Waals surface area contributed by atoms with Crippen LogP contribution in [0.2, 0.25) is 0 Å². The van der Waals surface area contributed by atoms with E-state index in [1.807, 2.05) is 6.07 Å². The summed E-state index contributed by atoms with van der Waals surface area (Å²) in [5, 5.41) is 8.89. The van der Waals surface area contributed by atoms with Crippen LogP contribution in [0, 0.1) is 11.3 Å². The van der Waals surface area contributed by atoms with E-state index in [4.69, 9.17) is 15.7 Å². The molecule has 5 nitrogen and oxygen atoms in total. The highest BCUT2D eigenvalue weighted by Crippen LogP contribution is 2.25. The molecule has 0 atom stereocenters. The number of rotatable bonds is 3. The maximum Gasteiger partial charge on any atom is 0.310 e. The Balaban J connectivity index is 3.16. The first kappa shape index (κ1) is 11.9. The average molecular weight is 220 g/mol. The van der Waals surface area contributed by atoms with Crippen molar-refractivity contribution in [3.05, 3.63) is 23.3 Å². The van der Waals surface area contributed by atoms with Crippen molar-refractivity contribution in [3.63, 3.8) is 0 Å². The first-order valence-electron chi connectivity index (χ1n) is 4.55. The van der Waals surface area contributed by atoms with Crippen LogP contribution < -0.4 is 10.5 Å². The summed E-state index contributed by atoms with van der Waals surface area (Å²) in [5.41, 5.74) is 6.91. The molecule has 2 N–H and O–H groups in total. The van der Waals surface area contributed by atoms with Crippen LogP contribution in [0.15, 0.2) is 12.1 Å². The molecule has 16 heavy (non-hydrogen) atoms. The van der Waals surface area contributed by atoms with Gasteiger partial charge in [0, 0.05) is 0 Å². The summed E-state index contributed by atoms with van der Waals surface area (Å²) in [6.45, 7) is 0. The molecule has 0 saturated carbocycles. The number of esters is 1. The van der Waals surface area contributed by atoms with Gasteiger partial charge in [-0.1, -0.05) is 0 Å². The van der Waals surface area contributed by atoms with E-state index in [1.54, 1.807) is 6.07 Å². The number of methoxy groups -OCH3 is 2. The van der Waals surface area contributed by atoms with Gasteiger partial charge in [0.2, 0.25) is 0 Å². The number of carbonyl (C=O) groups is 1. The molecule has 0 aromatic heterocycles. The van der Waals surface area contributed by atoms with Gasteiger partial charge in [0.15, 0.2) is 0 Å². The number of nitrogens with two attached hydrogens (primary N) is 1. The molecular formula is C11H12N2O3. The molecule has 1 aromatic rings. The van der Waals surface area contributed by atoms with E-state index in [2.05, 4.69) is 4.74 Å². The molecule has 0 aliphatic heterocycles. The Labute approximate surface area is 93.4 Å². The zero-order chi connectivity index (χ0) is 12.1. The van der Waals surface area contributed by atoms with Gasteiger partial charge in [-0.05, 0) is 17.7 Å². The molecule has 1 aromatic carbocycles. The fraction of sp³-hybridized carbons (Fsp3) is 0.273. The minimum atomic E-state index is -0.414. The monoisotopic (exact) mass is 220 g/mol. The average Bonchev–Trinajstić information content (AvgIpc) is 2.30. The third-order valence-electron chi connectivity index (χ3n) is 2.14. The van der Waals surface area contributed by atoms with Crippen molar-refractivity contribution >= 4 is 11.7 Å². The topological polar surface area (TPSA) is 85.3 Å². The maximum absolute atomic E-state index is 11.1. The summed E-state index contributed by atoms with van der Waals surface area (Å²) in [4.78, 5) is 11.1. The molecule has 0 aliphatic carbocycles. The molecule has 84 valence electrons. The van der Waals surface area contributed by atoms with Crippen LogP contribution in [0.3, 0.4) is 0 Å². The SMILES string of the molecule is COC(=O)Cc1cc(OC)c(N)cc1C#N. The molecule has 0 amide bonds. The molecule has 5 heteroatoms. The summed E-state index contributed by atoms with van der Waals surface area (Å²) in [6.07, 6.45) is 0.0238. The Bertz CT molecular complexity index is 449. The van der Waals surface area contributed by atoms with Crippen LogP contribution in [0.5, 0.6) is 5.75 Å². The van der Waals surface area contributed by atoms with Crippen LogP contribution in [0.1, 0.15) is 11.1 Å². The van der Waals surface area contributed by atoms with Gasteiger partial charge in [0.1, 0.15) is 5.75 Å². The normalized spacial score (nSPS) is 9.31. The van der Waals surface area contributed by atoms with Crippen molar-refractivity contribution in [2.24, 2.45) is 0 Å². The second-order valence-electron chi connectivity index (χ2n) is 3.12. The summed E-state index contributed by atoms with van der Waals surface area (Å²) in [5.74, 6) is 0.0289. The lowest BCUT2D eigenvalue weighted by Gasteiger charge is -2.08. The summed E-state index contributed by atoms with van der Waals surface area (Å²) in [6, 6.07) is 5.03. The largest absolute Gasteiger partial charge is 0.495 e. The van der Waals surface area contributed by atoms with Gasteiger partial charge in [0.05, 0.1) is 38.0 Å². The van der Waals surface area contributed by atoms with Crippen LogP contribution in [-0.2, 0) is 16.0 Å². The third kappa shape index (κ3) is 2.42. The lowest BCUT2D eigenvalue weighted by atomic mass is 10.0. The minimum Gasteiger partial charge on any atom is -0.495 e. The number of carbonyl (C=O) groups excluding carboxylic acids is 1. The van der Waals surface area contributed by atoms with Crippen molar-refractivity contribution in [2.75, 3.05) is 20.0 Å². The minimum absolute atomic E-state index is 0.0238. The van der Waals surface area contributed by atoms with E-state index in [0.29, 0.717) is 22.6 Å². The third-order valence-corrected chi connectivity index (χ3v) is 2.14. The summed E-state index contributed by atoms with van der Waals surface area (Å²) < 4.78 is 9.55. The number of hydrogen-bond acceptors (Lipinski definition) is 5. The number of anilines is 1. The van der Waals surface area contributed by atoms with Gasteiger partial charge in [0.25, 0.3) is 0 Å². The van der Waals surface area contributed by atoms with E-state index in [9.17, 15) is 4.79 Å². The number of ether oxygens (including phenoxy) is 2. The molecule has 0 heterocycles. The maximum atomic E-state index is 11.1. The Morgan fingerprint density at radius 3 is 2.69 bits per heavy atom. The second kappa shape index (κ2) is 5.03. The van der Waals surface area contributed by atoms with Gasteiger partial charge in [-0.3, -0.25) is 4.79 Å². The number of benzene rings is 1. The van der Waals surface area contributed by atoms with Crippen molar-refractivity contribution in [2.45, 2.75) is 6.42 Å². The Hall–Kier alpha value is -2.22. The predicted molar refractivity (Wildman–Crippen MR) is 57.8 cm³/mol. The van der Waals surface area contributed by atoms with E-state index in [0.717, 1.165) is 0 Å². The van der Waals surface area contributed by atoms with Gasteiger partial charge in [-0.2, -0.15) is 5.26 Å². The van der Waals surface area contributed by atoms with Crippen molar-refractivity contribution < 1.29 is 14.3 Å². The fourth-order valence-electron chi connectivity index (χ4n) is 1.29. The number of nitrogen functional groups attached to an aromatic ring is 1. The summed E-state index contributed by atoms with van der Waals surface area (Å²) in [7, 11) is 2.77. The first-order chi connectivity index (χ1) is 7.62. The zero-order valence-electron chi connectivity index (χ0n) is 9.11. The molecule has 0 bridgehead atoms. The quantitative estimate of drug-likeness (QED) is 0.603. The molecule has 0 unspecified atom stereocenters. The Morgan fingerprint density at radius 2 is 2.19 bits per heavy atom. The summed E-state index contributed by atoms with van der Waals surface area (Å²) >= 11 is 0. The second-order valence-corrected chi connectivity index (χ2v) is 3.12. The van der Waals surface area contributed by atoms with Gasteiger partial charge < -0.3 is 15.2 Å². The standard InChI is InChI=1S/C11H12N2O3/c1-15-10-4-7(5-11(14)16-2)8(6-12)3-9(10)13/h3-4H,5,13H2,1-2H3. The number of nitriles is 1. The fourth-order valence-corrected chi connectivity index (χ4v) is 1.29. The van der Waals surface area contributed by atoms with E-state index in [1.165, 1.54) is 20.3 Å². The molecule has 0 fully saturated rings. The van der Waals surface area contributed by atoms with Gasteiger partial charge in [-0.25, -0.2) is 0 Å². The van der Waals surface area contributed by atoms with Gasteiger partial charge in [-0.15, -0.1) is 0 Å². The van der Waals surface area contributed by atoms with E-state index < -0.39 is 5.97 Å². The zero-order valence-corrected chi connectivity index (χ0v) is 9.11. The molecule has 0 spiro atoms. The van der Waals surface area contributed by atoms with Crippen LogP contribution in [0.4, 0.5) is 5.69 Å². The molecule has 0 saturated heterocycles. The van der Waals surface area contributed by atoms with Crippen molar-refractivity contribution in [1.82, 2.24) is 0 Å². The lowest BCUT2D eigenvalue weighted by Crippen LogP contribution is -2.07. The molecule has 0 aliphatic rings. The molecule has 0 radical (unpaired) electrons. The smallest absolute Gasteiger partial charge is 0.310 e. The van der Waals surface area contributed by atoms with E-state index in [-0.39, 0.29) is 6.42 Å². The van der Waals surface area contributed by atoms with Gasteiger partial charge >= 0.3 is 5.97 Å². The molecular weight excluding hydrogens is 208 g/mol. The highest BCUT2D eigenvalue weighted by Gasteiger charge is 2.12. The predicted octanol–water partition coefficient (Wildman–Crippen LogP) is 0.865. The first-order valence-corrected chi connectivity index (χ1v) is 4.55.